The van der Waals surface area contributed by atoms with Gasteiger partial charge >= 0.3 is 0 Å². The van der Waals surface area contributed by atoms with Crippen LogP contribution in [0, 0.1) is 5.82 Å². The van der Waals surface area contributed by atoms with Crippen molar-refractivity contribution in [3.8, 4) is 22.6 Å². The Morgan fingerprint density at radius 2 is 1.89 bits per heavy atom. The first kappa shape index (κ1) is 26.2. The molecule has 4 heterocycles. The highest BCUT2D eigenvalue weighted by Crippen LogP contribution is 2.31. The molecule has 1 fully saturated rings. The molecule has 37 heavy (non-hydrogen) atoms. The maximum absolute atomic E-state index is 14.5. The highest BCUT2D eigenvalue weighted by Gasteiger charge is 2.30. The predicted molar refractivity (Wildman–Crippen MR) is 141 cm³/mol. The maximum Gasteiger partial charge on any atom is 0.219 e. The Kier molecular flexibility index (Phi) is 7.77. The molecule has 0 spiro atoms. The van der Waals surface area contributed by atoms with E-state index in [0.717, 1.165) is 12.8 Å². The minimum atomic E-state index is -0.387. The highest BCUT2D eigenvalue weighted by atomic mass is 35.5. The van der Waals surface area contributed by atoms with Crippen LogP contribution >= 0.6 is 12.4 Å². The average molecular weight is 523 g/mol. The van der Waals surface area contributed by atoms with Gasteiger partial charge in [0, 0.05) is 68.4 Å². The molecule has 1 saturated heterocycles. The van der Waals surface area contributed by atoms with Crippen LogP contribution in [0.25, 0.3) is 22.6 Å². The van der Waals surface area contributed by atoms with Crippen LogP contribution in [0.3, 0.4) is 0 Å². The van der Waals surface area contributed by atoms with Crippen LogP contribution in [-0.2, 0) is 11.8 Å². The number of aromatic nitrogens is 6. The lowest BCUT2D eigenvalue weighted by Crippen LogP contribution is -2.44. The van der Waals surface area contributed by atoms with Gasteiger partial charge in [0.1, 0.15) is 23.2 Å². The number of benzene rings is 1. The molecule has 0 saturated carbocycles. The number of anilines is 2. The van der Waals surface area contributed by atoms with E-state index in [4.69, 9.17) is 9.97 Å². The van der Waals surface area contributed by atoms with Crippen LogP contribution in [0.2, 0.25) is 0 Å². The van der Waals surface area contributed by atoms with Gasteiger partial charge in [0.25, 0.3) is 0 Å². The van der Waals surface area contributed by atoms with Gasteiger partial charge in [-0.05, 0) is 38.0 Å². The van der Waals surface area contributed by atoms with E-state index in [9.17, 15) is 9.18 Å². The van der Waals surface area contributed by atoms with Crippen LogP contribution in [-0.4, -0.2) is 52.9 Å². The molecule has 0 unspecified atom stereocenters. The van der Waals surface area contributed by atoms with Gasteiger partial charge in [0.05, 0.1) is 23.9 Å². The molecule has 9 nitrogen and oxygen atoms in total. The summed E-state index contributed by atoms with van der Waals surface area (Å²) in [6, 6.07) is 6.64. The van der Waals surface area contributed by atoms with Crippen molar-refractivity contribution in [3.05, 3.63) is 67.0 Å². The number of hydrogen-bond acceptors (Lipinski definition) is 7. The molecule has 1 N–H and O–H groups in total. The van der Waals surface area contributed by atoms with Gasteiger partial charge in [-0.25, -0.2) is 19.3 Å². The molecule has 1 aliphatic rings. The summed E-state index contributed by atoms with van der Waals surface area (Å²) in [6.07, 6.45) is 10.1. The summed E-state index contributed by atoms with van der Waals surface area (Å²) in [4.78, 5) is 36.5. The van der Waals surface area contributed by atoms with Crippen molar-refractivity contribution < 1.29 is 9.18 Å². The number of amides is 1. The van der Waals surface area contributed by atoms with E-state index >= 15 is 0 Å². The molecule has 1 aliphatic heterocycles. The lowest BCUT2D eigenvalue weighted by atomic mass is 9.92. The molecule has 4 aromatic rings. The molecule has 5 rings (SSSR count). The summed E-state index contributed by atoms with van der Waals surface area (Å²) < 4.78 is 16.3. The van der Waals surface area contributed by atoms with Gasteiger partial charge < -0.3 is 14.8 Å². The topological polar surface area (TPSA) is 102 Å². The second kappa shape index (κ2) is 11.0. The van der Waals surface area contributed by atoms with Crippen LogP contribution in [0.15, 0.2) is 55.4 Å². The number of nitrogens with zero attached hydrogens (tertiary/aromatic N) is 7. The zero-order valence-electron chi connectivity index (χ0n) is 20.8. The van der Waals surface area contributed by atoms with Crippen LogP contribution in [0.5, 0.6) is 0 Å². The summed E-state index contributed by atoms with van der Waals surface area (Å²) in [6.45, 7) is 4.19. The van der Waals surface area contributed by atoms with Crippen molar-refractivity contribution >= 4 is 29.8 Å². The fourth-order valence-corrected chi connectivity index (χ4v) is 4.55. The van der Waals surface area contributed by atoms with E-state index in [1.165, 1.54) is 12.1 Å². The number of piperidine rings is 1. The summed E-state index contributed by atoms with van der Waals surface area (Å²) in [5.74, 6) is 0.741. The Bertz CT molecular complexity index is 1400. The SMILES string of the molecule is CC(=O)N1C[C@H](c2nc(Nc3cc(F)cc(-c4cn(C)cn4)c3)cc(-c3cnccn3)n2)CC[C@@H]1C.Cl. The van der Waals surface area contributed by atoms with Gasteiger partial charge in [-0.3, -0.25) is 14.8 Å². The lowest BCUT2D eigenvalue weighted by Gasteiger charge is -2.37. The van der Waals surface area contributed by atoms with E-state index < -0.39 is 0 Å². The smallest absolute Gasteiger partial charge is 0.219 e. The van der Waals surface area contributed by atoms with Crippen molar-refractivity contribution in [3.63, 3.8) is 0 Å². The molecule has 3 aromatic heterocycles. The number of likely N-dealkylation sites (tertiary alicyclic amines) is 1. The normalized spacial score (nSPS) is 17.2. The van der Waals surface area contributed by atoms with Crippen molar-refractivity contribution in [2.45, 2.75) is 38.6 Å². The Morgan fingerprint density at radius 3 is 2.59 bits per heavy atom. The third kappa shape index (κ3) is 5.91. The van der Waals surface area contributed by atoms with Crippen molar-refractivity contribution in [2.75, 3.05) is 11.9 Å². The van der Waals surface area contributed by atoms with Crippen LogP contribution < -0.4 is 5.32 Å². The number of carbonyl (C=O) groups excluding carboxylic acids is 1. The monoisotopic (exact) mass is 522 g/mol. The second-order valence-electron chi connectivity index (χ2n) is 9.16. The Labute approximate surface area is 220 Å². The van der Waals surface area contributed by atoms with E-state index in [2.05, 4.69) is 27.2 Å². The van der Waals surface area contributed by atoms with E-state index in [-0.39, 0.29) is 36.1 Å². The second-order valence-corrected chi connectivity index (χ2v) is 9.16. The molecule has 0 bridgehead atoms. The minimum Gasteiger partial charge on any atom is -0.340 e. The maximum atomic E-state index is 14.5. The zero-order valence-corrected chi connectivity index (χ0v) is 21.6. The Morgan fingerprint density at radius 1 is 1.05 bits per heavy atom. The number of imidazole rings is 1. The molecule has 0 aliphatic carbocycles. The molecular formula is C26H28ClFN8O. The molecule has 11 heteroatoms. The van der Waals surface area contributed by atoms with Crippen LogP contribution in [0.4, 0.5) is 15.9 Å². The van der Waals surface area contributed by atoms with E-state index in [1.54, 1.807) is 37.9 Å². The number of halogens is 2. The summed E-state index contributed by atoms with van der Waals surface area (Å²) >= 11 is 0. The fraction of sp³-hybridized carbons (Fsp3) is 0.308. The van der Waals surface area contributed by atoms with Gasteiger partial charge in [-0.2, -0.15) is 0 Å². The molecule has 1 amide bonds. The van der Waals surface area contributed by atoms with Crippen molar-refractivity contribution in [1.29, 1.82) is 0 Å². The first-order valence-corrected chi connectivity index (χ1v) is 11.8. The number of aryl methyl sites for hydroxylation is 1. The summed E-state index contributed by atoms with van der Waals surface area (Å²) in [5, 5.41) is 3.24. The average Bonchev–Trinajstić information content (AvgIpc) is 3.30. The Balaban J connectivity index is 0.00000320. The summed E-state index contributed by atoms with van der Waals surface area (Å²) in [7, 11) is 1.87. The number of carbonyl (C=O) groups is 1. The summed E-state index contributed by atoms with van der Waals surface area (Å²) in [5.41, 5.74) is 3.06. The van der Waals surface area contributed by atoms with E-state index in [1.807, 2.05) is 28.8 Å². The van der Waals surface area contributed by atoms with Crippen LogP contribution in [0.1, 0.15) is 38.4 Å². The predicted octanol–water partition coefficient (Wildman–Crippen LogP) is 4.75. The highest BCUT2D eigenvalue weighted by molar-refractivity contribution is 5.85. The van der Waals surface area contributed by atoms with Gasteiger partial charge in [-0.1, -0.05) is 0 Å². The third-order valence-corrected chi connectivity index (χ3v) is 6.39. The largest absolute Gasteiger partial charge is 0.340 e. The molecule has 2 atom stereocenters. The molecule has 0 radical (unpaired) electrons. The molecule has 1 aromatic carbocycles. The first-order valence-electron chi connectivity index (χ1n) is 11.8. The van der Waals surface area contributed by atoms with E-state index in [0.29, 0.717) is 46.5 Å². The van der Waals surface area contributed by atoms with Crippen molar-refractivity contribution in [1.82, 2.24) is 34.4 Å². The number of hydrogen-bond donors (Lipinski definition) is 1. The quantitative estimate of drug-likeness (QED) is 0.403. The Hall–Kier alpha value is -3.92. The van der Waals surface area contributed by atoms with Gasteiger partial charge in [0.15, 0.2) is 0 Å². The molecule has 192 valence electrons. The third-order valence-electron chi connectivity index (χ3n) is 6.39. The first-order chi connectivity index (χ1) is 17.4. The number of rotatable bonds is 5. The number of nitrogens with one attached hydrogen (secondary N) is 1. The van der Waals surface area contributed by atoms with Gasteiger partial charge in [-0.15, -0.1) is 12.4 Å². The van der Waals surface area contributed by atoms with Crippen molar-refractivity contribution in [2.24, 2.45) is 7.05 Å². The van der Waals surface area contributed by atoms with Gasteiger partial charge in [0.2, 0.25) is 5.91 Å². The lowest BCUT2D eigenvalue weighted by molar-refractivity contribution is -0.132. The fourth-order valence-electron chi connectivity index (χ4n) is 4.55. The standard InChI is InChI=1S/C26H27FN8O.ClH/c1-16-4-5-18(13-35(16)17(2)36)26-32-22(23-12-28-6-7-29-23)11-25(33-26)31-21-9-19(8-20(27)10-21)24-14-34(3)15-30-24;/h6-12,14-16,18H,4-5,13H2,1-3H3,(H,31,32,33);1H/t16-,18+;/m0./s1. The zero-order chi connectivity index (χ0) is 25.2. The minimum absolute atomic E-state index is 0. The molecular weight excluding hydrogens is 495 g/mol.